The van der Waals surface area contributed by atoms with Gasteiger partial charge in [-0.05, 0) is 51.6 Å². The van der Waals surface area contributed by atoms with Gasteiger partial charge in [0, 0.05) is 10.9 Å². The summed E-state index contributed by atoms with van der Waals surface area (Å²) in [7, 11) is -1.34. The number of pyridine rings is 1. The number of hydrogen-bond donors (Lipinski definition) is 0. The van der Waals surface area contributed by atoms with Crippen molar-refractivity contribution in [3.05, 3.63) is 133 Å². The van der Waals surface area contributed by atoms with Gasteiger partial charge in [0.25, 0.3) is 0 Å². The quantitative estimate of drug-likeness (QED) is 0.213. The molecule has 6 aromatic rings. The average molecular weight is 506 g/mol. The van der Waals surface area contributed by atoms with E-state index in [-0.39, 0.29) is 0 Å². The van der Waals surface area contributed by atoms with Crippen molar-refractivity contribution in [2.75, 3.05) is 0 Å². The van der Waals surface area contributed by atoms with Gasteiger partial charge in [0.15, 0.2) is 0 Å². The highest BCUT2D eigenvalue weighted by molar-refractivity contribution is 6.88. The van der Waals surface area contributed by atoms with Crippen molar-refractivity contribution in [2.24, 2.45) is 0 Å². The second kappa shape index (κ2) is 9.89. The van der Waals surface area contributed by atoms with Crippen molar-refractivity contribution in [1.29, 1.82) is 0 Å². The molecule has 0 aliphatic rings. The Bertz CT molecular complexity index is 1730. The SMILES string of the molecule is C[Si](C)(C)c1cccc(-c2ccc(-c3cccc(-c4ccc(-c5ccc6ccccc6n5)cc4)c3)cc2)c1. The van der Waals surface area contributed by atoms with Crippen LogP contribution in [0.5, 0.6) is 0 Å². The van der Waals surface area contributed by atoms with Crippen LogP contribution in [0.1, 0.15) is 0 Å². The van der Waals surface area contributed by atoms with Gasteiger partial charge in [-0.2, -0.15) is 0 Å². The van der Waals surface area contributed by atoms with Crippen LogP contribution in [0.4, 0.5) is 0 Å². The number of fused-ring (bicyclic) bond motifs is 1. The van der Waals surface area contributed by atoms with Crippen molar-refractivity contribution in [2.45, 2.75) is 19.6 Å². The van der Waals surface area contributed by atoms with Gasteiger partial charge in [0.1, 0.15) is 0 Å². The standard InChI is InChI=1S/C36H31NSi/c1-38(2,3)34-12-7-11-33(25-34)28-16-14-26(15-17-28)31-9-6-10-32(24-31)27-18-20-30(21-19-27)36-23-22-29-8-4-5-13-35(29)37-36/h4-25H,1-3H3. The first-order valence-corrected chi connectivity index (χ1v) is 16.7. The van der Waals surface area contributed by atoms with Crippen LogP contribution in [0, 0.1) is 0 Å². The zero-order valence-electron chi connectivity index (χ0n) is 22.1. The summed E-state index contributed by atoms with van der Waals surface area (Å²) in [6.07, 6.45) is 0. The van der Waals surface area contributed by atoms with Gasteiger partial charge >= 0.3 is 0 Å². The highest BCUT2D eigenvalue weighted by Gasteiger charge is 2.16. The average Bonchev–Trinajstić information content (AvgIpc) is 2.97. The lowest BCUT2D eigenvalue weighted by molar-refractivity contribution is 1.40. The molecule has 6 rings (SSSR count). The third-order valence-electron chi connectivity index (χ3n) is 7.26. The molecule has 0 fully saturated rings. The van der Waals surface area contributed by atoms with E-state index in [1.54, 1.807) is 0 Å². The fourth-order valence-electron chi connectivity index (χ4n) is 4.96. The number of rotatable bonds is 5. The smallest absolute Gasteiger partial charge is 0.0776 e. The Balaban J connectivity index is 1.25. The molecule has 0 aliphatic carbocycles. The van der Waals surface area contributed by atoms with Crippen LogP contribution in [-0.4, -0.2) is 13.1 Å². The molecule has 0 N–H and O–H groups in total. The van der Waals surface area contributed by atoms with Crippen molar-refractivity contribution in [3.63, 3.8) is 0 Å². The van der Waals surface area contributed by atoms with Crippen LogP contribution in [0.2, 0.25) is 19.6 Å². The molecule has 0 atom stereocenters. The van der Waals surface area contributed by atoms with Gasteiger partial charge in [0.2, 0.25) is 0 Å². The molecule has 0 radical (unpaired) electrons. The van der Waals surface area contributed by atoms with Crippen molar-refractivity contribution in [1.82, 2.24) is 4.98 Å². The Kier molecular flexibility index (Phi) is 6.27. The van der Waals surface area contributed by atoms with Crippen LogP contribution in [0.3, 0.4) is 0 Å². The molecule has 0 bridgehead atoms. The number of nitrogens with zero attached hydrogens (tertiary/aromatic N) is 1. The molecule has 0 spiro atoms. The maximum Gasteiger partial charge on any atom is 0.0776 e. The number of hydrogen-bond acceptors (Lipinski definition) is 1. The summed E-state index contributed by atoms with van der Waals surface area (Å²) in [5.41, 5.74) is 10.6. The summed E-state index contributed by atoms with van der Waals surface area (Å²) < 4.78 is 0. The largest absolute Gasteiger partial charge is 0.248 e. The summed E-state index contributed by atoms with van der Waals surface area (Å²) in [4.78, 5) is 4.85. The van der Waals surface area contributed by atoms with E-state index in [1.807, 2.05) is 12.1 Å². The van der Waals surface area contributed by atoms with E-state index in [0.29, 0.717) is 0 Å². The van der Waals surface area contributed by atoms with E-state index in [4.69, 9.17) is 4.98 Å². The summed E-state index contributed by atoms with van der Waals surface area (Å²) in [6, 6.07) is 48.1. The molecular weight excluding hydrogens is 474 g/mol. The fraction of sp³-hybridized carbons (Fsp3) is 0.0833. The van der Waals surface area contributed by atoms with Gasteiger partial charge < -0.3 is 0 Å². The lowest BCUT2D eigenvalue weighted by Crippen LogP contribution is -2.37. The Morgan fingerprint density at radius 3 is 1.55 bits per heavy atom. The topological polar surface area (TPSA) is 12.9 Å². The Labute approximate surface area is 226 Å². The van der Waals surface area contributed by atoms with E-state index >= 15 is 0 Å². The van der Waals surface area contributed by atoms with E-state index in [2.05, 4.69) is 141 Å². The second-order valence-corrected chi connectivity index (χ2v) is 16.0. The monoisotopic (exact) mass is 505 g/mol. The third-order valence-corrected chi connectivity index (χ3v) is 9.30. The van der Waals surface area contributed by atoms with Crippen LogP contribution in [0.25, 0.3) is 55.5 Å². The van der Waals surface area contributed by atoms with Gasteiger partial charge in [-0.3, -0.25) is 0 Å². The Hall–Kier alpha value is -4.27. The predicted molar refractivity (Wildman–Crippen MR) is 166 cm³/mol. The zero-order valence-corrected chi connectivity index (χ0v) is 23.1. The van der Waals surface area contributed by atoms with Gasteiger partial charge in [-0.15, -0.1) is 0 Å². The summed E-state index contributed by atoms with van der Waals surface area (Å²) in [6.45, 7) is 7.20. The lowest BCUT2D eigenvalue weighted by Gasteiger charge is -2.17. The third kappa shape index (κ3) is 4.96. The maximum absolute atomic E-state index is 4.85. The molecule has 2 heteroatoms. The van der Waals surface area contributed by atoms with E-state index in [0.717, 1.165) is 22.2 Å². The van der Waals surface area contributed by atoms with E-state index in [9.17, 15) is 0 Å². The number of benzene rings is 5. The van der Waals surface area contributed by atoms with Crippen LogP contribution in [0.15, 0.2) is 133 Å². The van der Waals surface area contributed by atoms with E-state index < -0.39 is 8.07 Å². The van der Waals surface area contributed by atoms with Crippen molar-refractivity contribution >= 4 is 24.2 Å². The summed E-state index contributed by atoms with van der Waals surface area (Å²) in [5.74, 6) is 0. The molecule has 0 unspecified atom stereocenters. The minimum atomic E-state index is -1.34. The molecule has 38 heavy (non-hydrogen) atoms. The first kappa shape index (κ1) is 24.1. The first-order chi connectivity index (χ1) is 18.4. The van der Waals surface area contributed by atoms with Crippen LogP contribution in [-0.2, 0) is 0 Å². The molecule has 0 saturated carbocycles. The molecule has 5 aromatic carbocycles. The van der Waals surface area contributed by atoms with Crippen LogP contribution < -0.4 is 5.19 Å². The Morgan fingerprint density at radius 2 is 0.947 bits per heavy atom. The Morgan fingerprint density at radius 1 is 0.421 bits per heavy atom. The second-order valence-electron chi connectivity index (χ2n) is 11.0. The molecular formula is C36H31NSi. The minimum Gasteiger partial charge on any atom is -0.248 e. The molecule has 184 valence electrons. The highest BCUT2D eigenvalue weighted by Crippen LogP contribution is 2.30. The highest BCUT2D eigenvalue weighted by atomic mass is 28.3. The molecule has 1 nitrogen and oxygen atoms in total. The molecule has 0 amide bonds. The molecule has 0 saturated heterocycles. The predicted octanol–water partition coefficient (Wildman–Crippen LogP) is 9.45. The molecule has 1 aromatic heterocycles. The maximum atomic E-state index is 4.85. The number of para-hydroxylation sites is 1. The number of aromatic nitrogens is 1. The van der Waals surface area contributed by atoms with Gasteiger partial charge in [-0.25, -0.2) is 4.98 Å². The summed E-state index contributed by atoms with van der Waals surface area (Å²) in [5, 5.41) is 2.66. The summed E-state index contributed by atoms with van der Waals surface area (Å²) >= 11 is 0. The first-order valence-electron chi connectivity index (χ1n) is 13.2. The minimum absolute atomic E-state index is 1.000. The van der Waals surface area contributed by atoms with Crippen LogP contribution >= 0.6 is 0 Å². The zero-order chi connectivity index (χ0) is 26.1. The van der Waals surface area contributed by atoms with Gasteiger partial charge in [0.05, 0.1) is 19.3 Å². The van der Waals surface area contributed by atoms with Gasteiger partial charge in [-0.1, -0.05) is 140 Å². The lowest BCUT2D eigenvalue weighted by atomic mass is 9.96. The fourth-order valence-corrected chi connectivity index (χ4v) is 6.14. The van der Waals surface area contributed by atoms with E-state index in [1.165, 1.54) is 38.6 Å². The molecule has 0 aliphatic heterocycles. The molecule has 1 heterocycles. The van der Waals surface area contributed by atoms with Crippen molar-refractivity contribution in [3.8, 4) is 44.6 Å². The van der Waals surface area contributed by atoms with Crippen molar-refractivity contribution < 1.29 is 0 Å². The normalized spacial score (nSPS) is 11.6.